The Kier molecular flexibility index (Phi) is 11.9. The minimum absolute atomic E-state index is 0.354. The number of carbonyl (C=O) groups is 1. The van der Waals surface area contributed by atoms with Gasteiger partial charge >= 0.3 is 0 Å². The van der Waals surface area contributed by atoms with Crippen molar-refractivity contribution in [2.45, 2.75) is 43.5 Å². The predicted molar refractivity (Wildman–Crippen MR) is 165 cm³/mol. The second-order valence-corrected chi connectivity index (χ2v) is 11.5. The maximum absolute atomic E-state index is 10.7. The van der Waals surface area contributed by atoms with Gasteiger partial charge < -0.3 is 16.0 Å². The van der Waals surface area contributed by atoms with Gasteiger partial charge in [0, 0.05) is 33.4 Å². The zero-order valence-corrected chi connectivity index (χ0v) is 24.6. The molecular formula is C30H41N5OS2. The van der Waals surface area contributed by atoms with E-state index < -0.39 is 0 Å². The predicted octanol–water partition coefficient (Wildman–Crippen LogP) is 6.37. The van der Waals surface area contributed by atoms with E-state index in [1.54, 1.807) is 41.3 Å². The number of nitrogens with one attached hydrogen (secondary N) is 2. The summed E-state index contributed by atoms with van der Waals surface area (Å²) in [5.74, 6) is 0. The highest BCUT2D eigenvalue weighted by Gasteiger charge is 2.19. The molecule has 1 amide bonds. The van der Waals surface area contributed by atoms with Gasteiger partial charge in [-0.05, 0) is 125 Å². The minimum Gasteiger partial charge on any atom is -0.398 e. The van der Waals surface area contributed by atoms with E-state index in [0.29, 0.717) is 35.1 Å². The van der Waals surface area contributed by atoms with E-state index in [9.17, 15) is 4.79 Å². The monoisotopic (exact) mass is 551 g/mol. The van der Waals surface area contributed by atoms with Crippen LogP contribution in [0.2, 0.25) is 0 Å². The van der Waals surface area contributed by atoms with Crippen LogP contribution in [0.25, 0.3) is 0 Å². The number of hydrogen-bond donors (Lipinski definition) is 3. The van der Waals surface area contributed by atoms with Crippen LogP contribution in [0.5, 0.6) is 0 Å². The zero-order chi connectivity index (χ0) is 27.5. The number of amides is 1. The standard InChI is InChI=1S/C20H26N4OS.C10H15NS/c1-24(2)10-4-5-14-6-7-15(11-19(14)26-3)20(22)17-12-16(23-13-25)8-9-18(17)21;1-9(10-4-7-12-8-10)11-5-2-3-6-11/h6-9,11-13,22H,4-5,10,21H2,1-3H3,(H,23,25);4,7-9H,2-3,5-6H2,1H3. The van der Waals surface area contributed by atoms with E-state index in [1.807, 2.05) is 6.07 Å². The fourth-order valence-electron chi connectivity index (χ4n) is 4.63. The third kappa shape index (κ3) is 8.43. The average molecular weight is 552 g/mol. The molecule has 0 aliphatic carbocycles. The Morgan fingerprint density at radius 2 is 1.97 bits per heavy atom. The van der Waals surface area contributed by atoms with Crippen LogP contribution in [-0.4, -0.2) is 61.9 Å². The van der Waals surface area contributed by atoms with Crippen LogP contribution >= 0.6 is 23.1 Å². The number of anilines is 2. The molecule has 0 radical (unpaired) electrons. The Labute approximate surface area is 236 Å². The SMILES string of the molecule is CC(c1ccsc1)N1CCCC1.CSc1cc(C(=N)c2cc(NC=O)ccc2N)ccc1CCCN(C)C. The van der Waals surface area contributed by atoms with Crippen LogP contribution in [0.1, 0.15) is 54.5 Å². The number of nitrogens with zero attached hydrogens (tertiary/aromatic N) is 2. The molecule has 1 aromatic heterocycles. The summed E-state index contributed by atoms with van der Waals surface area (Å²) in [6.45, 7) is 5.94. The van der Waals surface area contributed by atoms with Crippen LogP contribution in [0.4, 0.5) is 11.4 Å². The van der Waals surface area contributed by atoms with Gasteiger partial charge in [0.05, 0.1) is 5.71 Å². The number of nitrogens with two attached hydrogens (primary N) is 1. The number of hydrogen-bond acceptors (Lipinski definition) is 7. The average Bonchev–Trinajstić information content (AvgIpc) is 3.65. The number of thiophene rings is 1. The lowest BCUT2D eigenvalue weighted by molar-refractivity contribution is -0.105. The van der Waals surface area contributed by atoms with Crippen molar-refractivity contribution in [3.8, 4) is 0 Å². The summed E-state index contributed by atoms with van der Waals surface area (Å²) in [6, 6.07) is 14.2. The number of aryl methyl sites for hydroxylation is 1. The van der Waals surface area contributed by atoms with E-state index in [2.05, 4.69) is 71.4 Å². The molecule has 0 spiro atoms. The van der Waals surface area contributed by atoms with Crippen molar-refractivity contribution in [2.75, 3.05) is 51.0 Å². The third-order valence-electron chi connectivity index (χ3n) is 6.89. The van der Waals surface area contributed by atoms with E-state index in [-0.39, 0.29) is 0 Å². The Balaban J connectivity index is 0.000000275. The first-order valence-electron chi connectivity index (χ1n) is 13.1. The smallest absolute Gasteiger partial charge is 0.211 e. The fraction of sp³-hybridized carbons (Fsp3) is 0.400. The molecule has 0 saturated carbocycles. The normalized spacial score (nSPS) is 14.1. The van der Waals surface area contributed by atoms with Gasteiger partial charge in [0.1, 0.15) is 0 Å². The van der Waals surface area contributed by atoms with Gasteiger partial charge in [-0.3, -0.25) is 15.1 Å². The molecule has 2 aromatic carbocycles. The highest BCUT2D eigenvalue weighted by atomic mass is 32.2. The molecule has 1 unspecified atom stereocenters. The van der Waals surface area contributed by atoms with Crippen molar-refractivity contribution < 1.29 is 4.79 Å². The Morgan fingerprint density at radius 3 is 2.61 bits per heavy atom. The minimum atomic E-state index is 0.354. The topological polar surface area (TPSA) is 85.5 Å². The zero-order valence-electron chi connectivity index (χ0n) is 23.0. The maximum atomic E-state index is 10.7. The van der Waals surface area contributed by atoms with Crippen LogP contribution < -0.4 is 11.1 Å². The van der Waals surface area contributed by atoms with Gasteiger partial charge in [0.15, 0.2) is 0 Å². The highest BCUT2D eigenvalue weighted by Crippen LogP contribution is 2.27. The van der Waals surface area contributed by atoms with Crippen molar-refractivity contribution in [2.24, 2.45) is 0 Å². The molecule has 4 rings (SSSR count). The molecule has 204 valence electrons. The number of likely N-dealkylation sites (tertiary alicyclic amines) is 1. The van der Waals surface area contributed by atoms with Crippen molar-refractivity contribution in [1.82, 2.24) is 9.80 Å². The quantitative estimate of drug-likeness (QED) is 0.112. The second-order valence-electron chi connectivity index (χ2n) is 9.85. The molecule has 1 fully saturated rings. The first-order chi connectivity index (χ1) is 18.3. The number of nitrogen functional groups attached to an aromatic ring is 1. The lowest BCUT2D eigenvalue weighted by Crippen LogP contribution is -2.22. The van der Waals surface area contributed by atoms with E-state index in [1.165, 1.54) is 42.0 Å². The number of carbonyl (C=O) groups excluding carboxylic acids is 1. The lowest BCUT2D eigenvalue weighted by Gasteiger charge is -2.22. The third-order valence-corrected chi connectivity index (χ3v) is 8.41. The maximum Gasteiger partial charge on any atom is 0.211 e. The van der Waals surface area contributed by atoms with Gasteiger partial charge in [-0.2, -0.15) is 11.3 Å². The van der Waals surface area contributed by atoms with Gasteiger partial charge in [-0.25, -0.2) is 0 Å². The van der Waals surface area contributed by atoms with Gasteiger partial charge in [0.2, 0.25) is 6.41 Å². The van der Waals surface area contributed by atoms with Crippen molar-refractivity contribution in [3.05, 3.63) is 75.5 Å². The molecule has 8 heteroatoms. The largest absolute Gasteiger partial charge is 0.398 e. The lowest BCUT2D eigenvalue weighted by atomic mass is 9.98. The summed E-state index contributed by atoms with van der Waals surface area (Å²) in [5.41, 5.74) is 11.8. The summed E-state index contributed by atoms with van der Waals surface area (Å²) < 4.78 is 0. The summed E-state index contributed by atoms with van der Waals surface area (Å²) >= 11 is 3.50. The van der Waals surface area contributed by atoms with Gasteiger partial charge in [-0.15, -0.1) is 11.8 Å². The molecular weight excluding hydrogens is 510 g/mol. The molecule has 0 bridgehead atoms. The molecule has 6 nitrogen and oxygen atoms in total. The molecule has 2 heterocycles. The second kappa shape index (κ2) is 15.1. The fourth-order valence-corrected chi connectivity index (χ4v) is 6.05. The number of thioether (sulfide) groups is 1. The molecule has 1 saturated heterocycles. The molecule has 3 aromatic rings. The molecule has 38 heavy (non-hydrogen) atoms. The highest BCUT2D eigenvalue weighted by molar-refractivity contribution is 7.98. The summed E-state index contributed by atoms with van der Waals surface area (Å²) in [4.78, 5) is 16.6. The first kappa shape index (κ1) is 29.9. The van der Waals surface area contributed by atoms with Crippen molar-refractivity contribution in [1.29, 1.82) is 5.41 Å². The summed E-state index contributed by atoms with van der Waals surface area (Å²) in [6.07, 6.45) is 7.56. The summed E-state index contributed by atoms with van der Waals surface area (Å²) in [7, 11) is 4.16. The van der Waals surface area contributed by atoms with Crippen LogP contribution in [0.3, 0.4) is 0 Å². The van der Waals surface area contributed by atoms with Crippen molar-refractivity contribution >= 4 is 46.6 Å². The Bertz CT molecular complexity index is 1170. The molecule has 1 aliphatic rings. The molecule has 1 aliphatic heterocycles. The van der Waals surface area contributed by atoms with E-state index >= 15 is 0 Å². The Hall–Kier alpha value is -2.65. The van der Waals surface area contributed by atoms with E-state index in [0.717, 1.165) is 24.9 Å². The van der Waals surface area contributed by atoms with Crippen LogP contribution in [0.15, 0.2) is 58.1 Å². The van der Waals surface area contributed by atoms with E-state index in [4.69, 9.17) is 11.1 Å². The van der Waals surface area contributed by atoms with Gasteiger partial charge in [-0.1, -0.05) is 12.1 Å². The van der Waals surface area contributed by atoms with Crippen molar-refractivity contribution in [3.63, 3.8) is 0 Å². The van der Waals surface area contributed by atoms with Gasteiger partial charge in [0.25, 0.3) is 0 Å². The van der Waals surface area contributed by atoms with Crippen LogP contribution in [-0.2, 0) is 11.2 Å². The molecule has 4 N–H and O–H groups in total. The Morgan fingerprint density at radius 1 is 1.21 bits per heavy atom. The number of rotatable bonds is 11. The number of benzene rings is 2. The molecule has 1 atom stereocenters. The first-order valence-corrected chi connectivity index (χ1v) is 15.3. The van der Waals surface area contributed by atoms with Crippen LogP contribution in [0, 0.1) is 5.41 Å². The summed E-state index contributed by atoms with van der Waals surface area (Å²) in [5, 5.41) is 15.6.